The van der Waals surface area contributed by atoms with Gasteiger partial charge in [-0.25, -0.2) is 0 Å². The predicted molar refractivity (Wildman–Crippen MR) is 61.8 cm³/mol. The van der Waals surface area contributed by atoms with Crippen molar-refractivity contribution in [1.29, 1.82) is 0 Å². The highest BCUT2D eigenvalue weighted by molar-refractivity contribution is 7.98. The molecule has 0 spiro atoms. The summed E-state index contributed by atoms with van der Waals surface area (Å²) in [5, 5.41) is 0. The Kier molecular flexibility index (Phi) is 4.71. The number of hydrogen-bond acceptors (Lipinski definition) is 1. The Balaban J connectivity index is 2.53. The molecule has 0 saturated carbocycles. The highest BCUT2D eigenvalue weighted by Gasteiger charge is 2.29. The normalized spacial score (nSPS) is 13.8. The van der Waals surface area contributed by atoms with E-state index in [9.17, 15) is 13.2 Å². The third kappa shape index (κ3) is 4.92. The molecular formula is C12H15F3S. The van der Waals surface area contributed by atoms with E-state index < -0.39 is 12.6 Å². The molecular weight excluding hydrogens is 233 g/mol. The van der Waals surface area contributed by atoms with E-state index in [-0.39, 0.29) is 5.92 Å². The first-order valence-corrected chi connectivity index (χ1v) is 6.33. The van der Waals surface area contributed by atoms with Crippen LogP contribution < -0.4 is 0 Å². The second-order valence-corrected chi connectivity index (χ2v) is 4.86. The van der Waals surface area contributed by atoms with E-state index in [1.807, 2.05) is 30.5 Å². The lowest BCUT2D eigenvalue weighted by Crippen LogP contribution is -2.14. The molecule has 16 heavy (non-hydrogen) atoms. The molecule has 1 aromatic rings. The van der Waals surface area contributed by atoms with Gasteiger partial charge in [-0.1, -0.05) is 19.1 Å². The lowest BCUT2D eigenvalue weighted by molar-refractivity contribution is -0.143. The van der Waals surface area contributed by atoms with Crippen LogP contribution in [0.25, 0.3) is 0 Å². The van der Waals surface area contributed by atoms with Crippen LogP contribution in [0.4, 0.5) is 13.2 Å². The number of alkyl halides is 3. The molecule has 0 saturated heterocycles. The van der Waals surface area contributed by atoms with E-state index >= 15 is 0 Å². The first kappa shape index (κ1) is 13.4. The van der Waals surface area contributed by atoms with Crippen molar-refractivity contribution in [3.8, 4) is 0 Å². The minimum Gasteiger partial charge on any atom is -0.171 e. The van der Waals surface area contributed by atoms with Crippen molar-refractivity contribution in [2.24, 2.45) is 5.92 Å². The smallest absolute Gasteiger partial charge is 0.171 e. The molecule has 0 bridgehead atoms. The Morgan fingerprint density at radius 1 is 1.19 bits per heavy atom. The lowest BCUT2D eigenvalue weighted by atomic mass is 9.98. The molecule has 0 heterocycles. The monoisotopic (exact) mass is 248 g/mol. The molecule has 0 amide bonds. The lowest BCUT2D eigenvalue weighted by Gasteiger charge is -2.14. The highest BCUT2D eigenvalue weighted by atomic mass is 32.2. The predicted octanol–water partition coefficient (Wildman–Crippen LogP) is 4.54. The molecule has 1 atom stereocenters. The van der Waals surface area contributed by atoms with Gasteiger partial charge in [0.25, 0.3) is 0 Å². The molecule has 1 unspecified atom stereocenters. The van der Waals surface area contributed by atoms with Gasteiger partial charge in [-0.05, 0) is 36.3 Å². The molecule has 0 aliphatic rings. The van der Waals surface area contributed by atoms with Crippen molar-refractivity contribution in [1.82, 2.24) is 0 Å². The second kappa shape index (κ2) is 5.62. The number of benzene rings is 1. The van der Waals surface area contributed by atoms with Crippen LogP contribution >= 0.6 is 11.8 Å². The topological polar surface area (TPSA) is 0 Å². The molecule has 0 aliphatic heterocycles. The SMILES string of the molecule is CSc1ccc(CC(C)CC(F)(F)F)cc1. The van der Waals surface area contributed by atoms with Crippen LogP contribution in [-0.2, 0) is 6.42 Å². The quantitative estimate of drug-likeness (QED) is 0.705. The Bertz CT molecular complexity index is 316. The minimum atomic E-state index is -4.06. The average molecular weight is 248 g/mol. The summed E-state index contributed by atoms with van der Waals surface area (Å²) in [7, 11) is 0. The van der Waals surface area contributed by atoms with E-state index in [0.717, 1.165) is 10.5 Å². The zero-order chi connectivity index (χ0) is 12.2. The van der Waals surface area contributed by atoms with Gasteiger partial charge in [0, 0.05) is 11.3 Å². The summed E-state index contributed by atoms with van der Waals surface area (Å²) in [4.78, 5) is 1.13. The Hall–Kier alpha value is -0.640. The molecule has 0 fully saturated rings. The molecule has 0 nitrogen and oxygen atoms in total. The largest absolute Gasteiger partial charge is 0.389 e. The van der Waals surface area contributed by atoms with E-state index in [4.69, 9.17) is 0 Å². The van der Waals surface area contributed by atoms with Gasteiger partial charge in [-0.2, -0.15) is 13.2 Å². The maximum absolute atomic E-state index is 12.1. The Labute approximate surface area is 98.2 Å². The van der Waals surface area contributed by atoms with Crippen molar-refractivity contribution < 1.29 is 13.2 Å². The van der Waals surface area contributed by atoms with Crippen LogP contribution in [0.3, 0.4) is 0 Å². The van der Waals surface area contributed by atoms with Gasteiger partial charge < -0.3 is 0 Å². The molecule has 0 radical (unpaired) electrons. The molecule has 1 aromatic carbocycles. The van der Waals surface area contributed by atoms with Gasteiger partial charge in [0.1, 0.15) is 0 Å². The van der Waals surface area contributed by atoms with Crippen molar-refractivity contribution >= 4 is 11.8 Å². The Morgan fingerprint density at radius 3 is 2.19 bits per heavy atom. The summed E-state index contributed by atoms with van der Waals surface area (Å²) in [6, 6.07) is 7.69. The summed E-state index contributed by atoms with van der Waals surface area (Å²) in [5.41, 5.74) is 0.967. The van der Waals surface area contributed by atoms with Gasteiger partial charge in [0.15, 0.2) is 0 Å². The van der Waals surface area contributed by atoms with Crippen LogP contribution in [0.15, 0.2) is 29.2 Å². The molecule has 0 aromatic heterocycles. The van der Waals surface area contributed by atoms with E-state index in [1.165, 1.54) is 0 Å². The van der Waals surface area contributed by atoms with Crippen LogP contribution in [0.2, 0.25) is 0 Å². The molecule has 1 rings (SSSR count). The number of hydrogen-bond donors (Lipinski definition) is 0. The second-order valence-electron chi connectivity index (χ2n) is 3.98. The van der Waals surface area contributed by atoms with Gasteiger partial charge in [0.05, 0.1) is 0 Å². The third-order valence-electron chi connectivity index (χ3n) is 2.32. The van der Waals surface area contributed by atoms with Gasteiger partial charge in [-0.15, -0.1) is 11.8 Å². The molecule has 4 heteroatoms. The first-order chi connectivity index (χ1) is 7.40. The van der Waals surface area contributed by atoms with E-state index in [0.29, 0.717) is 6.42 Å². The summed E-state index contributed by atoms with van der Waals surface area (Å²) in [5.74, 6) is -0.361. The average Bonchev–Trinajstić information content (AvgIpc) is 2.16. The van der Waals surface area contributed by atoms with Gasteiger partial charge in [0.2, 0.25) is 0 Å². The standard InChI is InChI=1S/C12H15F3S/c1-9(8-12(13,14)15)7-10-3-5-11(16-2)6-4-10/h3-6,9H,7-8H2,1-2H3. The highest BCUT2D eigenvalue weighted by Crippen LogP contribution is 2.27. The van der Waals surface area contributed by atoms with Crippen molar-refractivity contribution in [2.75, 3.05) is 6.26 Å². The van der Waals surface area contributed by atoms with Crippen LogP contribution in [0.5, 0.6) is 0 Å². The minimum absolute atomic E-state index is 0.361. The van der Waals surface area contributed by atoms with Crippen molar-refractivity contribution in [3.63, 3.8) is 0 Å². The summed E-state index contributed by atoms with van der Waals surface area (Å²) >= 11 is 1.63. The van der Waals surface area contributed by atoms with E-state index in [2.05, 4.69) is 0 Å². The first-order valence-electron chi connectivity index (χ1n) is 5.10. The maximum atomic E-state index is 12.1. The Morgan fingerprint density at radius 2 is 1.75 bits per heavy atom. The maximum Gasteiger partial charge on any atom is 0.389 e. The van der Waals surface area contributed by atoms with E-state index in [1.54, 1.807) is 18.7 Å². The summed E-state index contributed by atoms with van der Waals surface area (Å²) in [6.07, 6.45) is -2.31. The fourth-order valence-corrected chi connectivity index (χ4v) is 2.04. The van der Waals surface area contributed by atoms with Crippen LogP contribution in [0.1, 0.15) is 18.9 Å². The zero-order valence-corrected chi connectivity index (χ0v) is 10.2. The van der Waals surface area contributed by atoms with Gasteiger partial charge >= 0.3 is 6.18 Å². The number of halogens is 3. The van der Waals surface area contributed by atoms with Crippen molar-refractivity contribution in [2.45, 2.75) is 30.8 Å². The summed E-state index contributed by atoms with van der Waals surface area (Å²) in [6.45, 7) is 1.63. The van der Waals surface area contributed by atoms with Crippen LogP contribution in [0, 0.1) is 5.92 Å². The summed E-state index contributed by atoms with van der Waals surface area (Å²) < 4.78 is 36.4. The third-order valence-corrected chi connectivity index (χ3v) is 3.07. The molecule has 0 aliphatic carbocycles. The van der Waals surface area contributed by atoms with Crippen LogP contribution in [-0.4, -0.2) is 12.4 Å². The van der Waals surface area contributed by atoms with Gasteiger partial charge in [-0.3, -0.25) is 0 Å². The fourth-order valence-electron chi connectivity index (χ4n) is 1.63. The molecule has 0 N–H and O–H groups in total. The zero-order valence-electron chi connectivity index (χ0n) is 9.34. The fraction of sp³-hybridized carbons (Fsp3) is 0.500. The number of rotatable bonds is 4. The number of thioether (sulfide) groups is 1. The van der Waals surface area contributed by atoms with Crippen molar-refractivity contribution in [3.05, 3.63) is 29.8 Å². The molecule has 90 valence electrons.